The second-order valence-electron chi connectivity index (χ2n) is 4.78. The van der Waals surface area contributed by atoms with Crippen LogP contribution in [-0.4, -0.2) is 11.9 Å². The highest BCUT2D eigenvalue weighted by Gasteiger charge is 2.22. The SMILES string of the molecule is Cl.NC(N)=NC(=O)[C@@H](Cc1ccc(Cl)cc1Cl)c1ccccc1. The molecule has 4 nitrogen and oxygen atoms in total. The third kappa shape index (κ3) is 5.43. The van der Waals surface area contributed by atoms with E-state index in [-0.39, 0.29) is 18.4 Å². The lowest BCUT2D eigenvalue weighted by atomic mass is 9.91. The van der Waals surface area contributed by atoms with E-state index in [1.165, 1.54) is 0 Å². The van der Waals surface area contributed by atoms with Gasteiger partial charge in [0.25, 0.3) is 5.91 Å². The summed E-state index contributed by atoms with van der Waals surface area (Å²) in [4.78, 5) is 16.0. The zero-order chi connectivity index (χ0) is 16.1. The van der Waals surface area contributed by atoms with Gasteiger partial charge in [0.1, 0.15) is 0 Å². The number of nitrogens with two attached hydrogens (primary N) is 2. The molecule has 23 heavy (non-hydrogen) atoms. The van der Waals surface area contributed by atoms with Crippen molar-refractivity contribution in [3.8, 4) is 0 Å². The first-order chi connectivity index (χ1) is 10.5. The molecule has 7 heteroatoms. The molecular formula is C16H16Cl3N3O. The molecule has 0 aliphatic rings. The summed E-state index contributed by atoms with van der Waals surface area (Å²) in [7, 11) is 0. The Labute approximate surface area is 150 Å². The summed E-state index contributed by atoms with van der Waals surface area (Å²) < 4.78 is 0. The predicted molar refractivity (Wildman–Crippen MR) is 97.4 cm³/mol. The average Bonchev–Trinajstić information content (AvgIpc) is 2.46. The fourth-order valence-electron chi connectivity index (χ4n) is 2.15. The molecule has 1 atom stereocenters. The van der Waals surface area contributed by atoms with Crippen LogP contribution in [0.15, 0.2) is 53.5 Å². The van der Waals surface area contributed by atoms with Crippen molar-refractivity contribution in [3.63, 3.8) is 0 Å². The number of carbonyl (C=O) groups is 1. The zero-order valence-electron chi connectivity index (χ0n) is 12.1. The van der Waals surface area contributed by atoms with Crippen LogP contribution in [-0.2, 0) is 11.2 Å². The lowest BCUT2D eigenvalue weighted by Gasteiger charge is -2.15. The van der Waals surface area contributed by atoms with E-state index in [1.807, 2.05) is 30.3 Å². The number of guanidine groups is 1. The summed E-state index contributed by atoms with van der Waals surface area (Å²) in [6, 6.07) is 14.5. The summed E-state index contributed by atoms with van der Waals surface area (Å²) in [5.74, 6) is -1.17. The van der Waals surface area contributed by atoms with Crippen LogP contribution in [0.2, 0.25) is 10.0 Å². The van der Waals surface area contributed by atoms with E-state index in [2.05, 4.69) is 4.99 Å². The molecule has 0 unspecified atom stereocenters. The van der Waals surface area contributed by atoms with E-state index < -0.39 is 11.8 Å². The maximum atomic E-state index is 12.3. The first-order valence-corrected chi connectivity index (χ1v) is 7.35. The second-order valence-corrected chi connectivity index (χ2v) is 5.62. The predicted octanol–water partition coefficient (Wildman–Crippen LogP) is 3.54. The van der Waals surface area contributed by atoms with Gasteiger partial charge in [0.15, 0.2) is 5.96 Å². The summed E-state index contributed by atoms with van der Waals surface area (Å²) in [5.41, 5.74) is 12.3. The normalized spacial score (nSPS) is 11.2. The van der Waals surface area contributed by atoms with Gasteiger partial charge in [0.2, 0.25) is 0 Å². The number of aliphatic imine (C=N–C) groups is 1. The van der Waals surface area contributed by atoms with Crippen molar-refractivity contribution in [2.24, 2.45) is 16.5 Å². The van der Waals surface area contributed by atoms with E-state index in [9.17, 15) is 4.79 Å². The number of amides is 1. The minimum atomic E-state index is -0.512. The van der Waals surface area contributed by atoms with Gasteiger partial charge in [-0.15, -0.1) is 12.4 Å². The van der Waals surface area contributed by atoms with Gasteiger partial charge in [-0.25, -0.2) is 0 Å². The smallest absolute Gasteiger partial charge is 0.256 e. The number of hydrogen-bond acceptors (Lipinski definition) is 1. The minimum absolute atomic E-state index is 0. The van der Waals surface area contributed by atoms with Gasteiger partial charge < -0.3 is 11.5 Å². The van der Waals surface area contributed by atoms with E-state index in [1.54, 1.807) is 18.2 Å². The molecule has 122 valence electrons. The minimum Gasteiger partial charge on any atom is -0.370 e. The van der Waals surface area contributed by atoms with Gasteiger partial charge in [0, 0.05) is 10.0 Å². The summed E-state index contributed by atoms with van der Waals surface area (Å²) in [6.45, 7) is 0. The summed E-state index contributed by atoms with van der Waals surface area (Å²) >= 11 is 12.1. The number of hydrogen-bond donors (Lipinski definition) is 2. The molecule has 0 aromatic heterocycles. The maximum absolute atomic E-state index is 12.3. The van der Waals surface area contributed by atoms with Crippen molar-refractivity contribution < 1.29 is 4.79 Å². The number of carbonyl (C=O) groups excluding carboxylic acids is 1. The number of halogens is 3. The lowest BCUT2D eigenvalue weighted by molar-refractivity contribution is -0.119. The molecule has 2 aromatic rings. The number of rotatable bonds is 4. The van der Waals surface area contributed by atoms with Gasteiger partial charge in [0.05, 0.1) is 5.92 Å². The van der Waals surface area contributed by atoms with Crippen LogP contribution in [0.1, 0.15) is 17.0 Å². The average molecular weight is 373 g/mol. The Bertz CT molecular complexity index is 701. The van der Waals surface area contributed by atoms with Crippen molar-refractivity contribution in [3.05, 3.63) is 69.7 Å². The van der Waals surface area contributed by atoms with Crippen molar-refractivity contribution >= 4 is 47.5 Å². The zero-order valence-corrected chi connectivity index (χ0v) is 14.4. The molecule has 0 saturated heterocycles. The molecule has 0 saturated carbocycles. The lowest BCUT2D eigenvalue weighted by Crippen LogP contribution is -2.26. The van der Waals surface area contributed by atoms with Crippen LogP contribution in [0.5, 0.6) is 0 Å². The van der Waals surface area contributed by atoms with E-state index in [0.717, 1.165) is 11.1 Å². The van der Waals surface area contributed by atoms with Gasteiger partial charge in [-0.05, 0) is 29.7 Å². The molecule has 1 amide bonds. The van der Waals surface area contributed by atoms with E-state index >= 15 is 0 Å². The van der Waals surface area contributed by atoms with Crippen molar-refractivity contribution in [2.75, 3.05) is 0 Å². The highest BCUT2D eigenvalue weighted by molar-refractivity contribution is 6.35. The van der Waals surface area contributed by atoms with Crippen LogP contribution in [0.4, 0.5) is 0 Å². The molecule has 2 aromatic carbocycles. The van der Waals surface area contributed by atoms with Crippen LogP contribution in [0.25, 0.3) is 0 Å². The molecule has 0 bridgehead atoms. The highest BCUT2D eigenvalue weighted by atomic mass is 35.5. The molecule has 4 N–H and O–H groups in total. The molecule has 0 radical (unpaired) electrons. The quantitative estimate of drug-likeness (QED) is 0.636. The Hall–Kier alpha value is -1.75. The van der Waals surface area contributed by atoms with Gasteiger partial charge in [-0.1, -0.05) is 59.6 Å². The van der Waals surface area contributed by atoms with Crippen molar-refractivity contribution in [2.45, 2.75) is 12.3 Å². The molecule has 0 aliphatic carbocycles. The monoisotopic (exact) mass is 371 g/mol. The molecule has 0 fully saturated rings. The first kappa shape index (κ1) is 19.3. The fourth-order valence-corrected chi connectivity index (χ4v) is 2.63. The number of nitrogens with zero attached hydrogens (tertiary/aromatic N) is 1. The third-order valence-corrected chi connectivity index (χ3v) is 3.77. The van der Waals surface area contributed by atoms with Gasteiger partial charge >= 0.3 is 0 Å². The highest BCUT2D eigenvalue weighted by Crippen LogP contribution is 2.28. The molecule has 2 rings (SSSR count). The standard InChI is InChI=1S/C16H15Cl2N3O.ClH/c17-12-7-6-11(14(18)9-12)8-13(15(22)21-16(19)20)10-4-2-1-3-5-10;/h1-7,9,13H,8H2,(H4,19,20,21,22);1H/t13-;/m0./s1. The van der Waals surface area contributed by atoms with E-state index in [0.29, 0.717) is 16.5 Å². The Kier molecular flexibility index (Phi) is 7.36. The van der Waals surface area contributed by atoms with Gasteiger partial charge in [-0.2, -0.15) is 4.99 Å². The topological polar surface area (TPSA) is 81.5 Å². The second kappa shape index (κ2) is 8.77. The maximum Gasteiger partial charge on any atom is 0.256 e. The molecule has 0 heterocycles. The summed E-state index contributed by atoms with van der Waals surface area (Å²) in [6.07, 6.45) is 0.385. The van der Waals surface area contributed by atoms with Crippen LogP contribution in [0, 0.1) is 0 Å². The van der Waals surface area contributed by atoms with E-state index in [4.69, 9.17) is 34.7 Å². The Morgan fingerprint density at radius 1 is 1.09 bits per heavy atom. The van der Waals surface area contributed by atoms with Crippen molar-refractivity contribution in [1.29, 1.82) is 0 Å². The third-order valence-electron chi connectivity index (χ3n) is 3.18. The number of benzene rings is 2. The fraction of sp³-hybridized carbons (Fsp3) is 0.125. The first-order valence-electron chi connectivity index (χ1n) is 6.59. The van der Waals surface area contributed by atoms with Crippen LogP contribution in [0.3, 0.4) is 0 Å². The molecule has 0 aliphatic heterocycles. The Morgan fingerprint density at radius 3 is 2.30 bits per heavy atom. The molecule has 0 spiro atoms. The van der Waals surface area contributed by atoms with Gasteiger partial charge in [-0.3, -0.25) is 4.79 Å². The Balaban J connectivity index is 0.00000264. The van der Waals surface area contributed by atoms with Crippen molar-refractivity contribution in [1.82, 2.24) is 0 Å². The largest absolute Gasteiger partial charge is 0.370 e. The Morgan fingerprint density at radius 2 is 1.74 bits per heavy atom. The summed E-state index contributed by atoms with van der Waals surface area (Å²) in [5, 5.41) is 1.05. The molecular weight excluding hydrogens is 357 g/mol. The van der Waals surface area contributed by atoms with Crippen LogP contribution < -0.4 is 11.5 Å². The van der Waals surface area contributed by atoms with Crippen LogP contribution >= 0.6 is 35.6 Å².